The van der Waals surface area contributed by atoms with Gasteiger partial charge in [-0.25, -0.2) is 0 Å². The Morgan fingerprint density at radius 3 is 2.19 bits per heavy atom. The van der Waals surface area contributed by atoms with Crippen molar-refractivity contribution in [2.45, 2.75) is 38.7 Å². The van der Waals surface area contributed by atoms with Gasteiger partial charge in [0, 0.05) is 36.1 Å². The van der Waals surface area contributed by atoms with Crippen LogP contribution in [0.3, 0.4) is 0 Å². The average molecular weight is 575 g/mol. The smallest absolute Gasteiger partial charge is 0.255 e. The molecule has 1 aliphatic rings. The van der Waals surface area contributed by atoms with Gasteiger partial charge in [0.2, 0.25) is 5.91 Å². The summed E-state index contributed by atoms with van der Waals surface area (Å²) in [7, 11) is 5.21. The number of ether oxygens (including phenoxy) is 3. The number of anilines is 2. The predicted octanol–water partition coefficient (Wildman–Crippen LogP) is 5.88. The molecule has 0 aromatic heterocycles. The number of methoxy groups -OCH3 is 1. The highest BCUT2D eigenvalue weighted by atomic mass is 16.5. The monoisotopic (exact) mass is 574 g/mol. The van der Waals surface area contributed by atoms with Gasteiger partial charge >= 0.3 is 0 Å². The molecule has 2 amide bonds. The third kappa shape index (κ3) is 9.22. The average Bonchev–Trinajstić information content (AvgIpc) is 2.98. The highest BCUT2D eigenvalue weighted by molar-refractivity contribution is 6.04. The summed E-state index contributed by atoms with van der Waals surface area (Å²) in [6.07, 6.45) is 4.74. The van der Waals surface area contributed by atoms with Crippen LogP contribution in [-0.2, 0) is 4.79 Å². The number of piperidine rings is 1. The van der Waals surface area contributed by atoms with E-state index in [1.165, 1.54) is 19.4 Å². The lowest BCUT2D eigenvalue weighted by Gasteiger charge is -2.32. The fourth-order valence-electron chi connectivity index (χ4n) is 4.76. The standard InChI is InChI=1S/C33H42N4O5/c1-5-6-19-37-20-17-29(18-21-37)41-27-12-7-24(8-13-27)33(39)35-25-9-14-28(15-10-25)42-30-16-11-26(22-31(30)40-4)34-32(38)23-36(2)3/h7-16,22,29H,5-6,17-21,23H2,1-4H3,(H,34,38)(H,35,39). The molecule has 0 bridgehead atoms. The Bertz CT molecular complexity index is 1300. The molecule has 0 saturated carbocycles. The van der Waals surface area contributed by atoms with Gasteiger partial charge in [0.1, 0.15) is 17.6 Å². The van der Waals surface area contributed by atoms with Gasteiger partial charge < -0.3 is 34.6 Å². The van der Waals surface area contributed by atoms with Crippen molar-refractivity contribution in [3.63, 3.8) is 0 Å². The molecule has 42 heavy (non-hydrogen) atoms. The van der Waals surface area contributed by atoms with Gasteiger partial charge in [0.25, 0.3) is 5.91 Å². The number of benzene rings is 3. The first-order valence-electron chi connectivity index (χ1n) is 14.5. The first-order valence-corrected chi connectivity index (χ1v) is 14.5. The molecule has 1 heterocycles. The summed E-state index contributed by atoms with van der Waals surface area (Å²) < 4.78 is 17.6. The quantitative estimate of drug-likeness (QED) is 0.263. The lowest BCUT2D eigenvalue weighted by molar-refractivity contribution is -0.116. The maximum absolute atomic E-state index is 12.8. The number of carbonyl (C=O) groups excluding carboxylic acids is 2. The largest absolute Gasteiger partial charge is 0.493 e. The van der Waals surface area contributed by atoms with Crippen LogP contribution in [0.4, 0.5) is 11.4 Å². The van der Waals surface area contributed by atoms with Gasteiger partial charge in [0.05, 0.1) is 13.7 Å². The van der Waals surface area contributed by atoms with Gasteiger partial charge in [-0.1, -0.05) is 13.3 Å². The van der Waals surface area contributed by atoms with Crippen LogP contribution in [0.5, 0.6) is 23.0 Å². The summed E-state index contributed by atoms with van der Waals surface area (Å²) in [5.41, 5.74) is 1.82. The molecule has 1 aliphatic heterocycles. The molecule has 0 unspecified atom stereocenters. The third-order valence-corrected chi connectivity index (χ3v) is 7.03. The highest BCUT2D eigenvalue weighted by Crippen LogP contribution is 2.34. The Hall–Kier alpha value is -4.08. The van der Waals surface area contributed by atoms with Gasteiger partial charge in [0.15, 0.2) is 11.5 Å². The SMILES string of the molecule is CCCCN1CCC(Oc2ccc(C(=O)Nc3ccc(Oc4ccc(NC(=O)CN(C)C)cc4OC)cc3)cc2)CC1. The van der Waals surface area contributed by atoms with Crippen LogP contribution >= 0.6 is 0 Å². The molecular formula is C33H42N4O5. The Labute approximate surface area is 248 Å². The summed E-state index contributed by atoms with van der Waals surface area (Å²) >= 11 is 0. The molecule has 3 aromatic carbocycles. The number of unbranched alkanes of at least 4 members (excludes halogenated alkanes) is 1. The number of nitrogens with zero attached hydrogens (tertiary/aromatic N) is 2. The molecule has 1 fully saturated rings. The van der Waals surface area contributed by atoms with Crippen molar-refractivity contribution in [2.24, 2.45) is 0 Å². The van der Waals surface area contributed by atoms with Crippen molar-refractivity contribution in [2.75, 3.05) is 58.0 Å². The van der Waals surface area contributed by atoms with E-state index in [1.54, 1.807) is 66.6 Å². The van der Waals surface area contributed by atoms with Crippen molar-refractivity contribution < 1.29 is 23.8 Å². The lowest BCUT2D eigenvalue weighted by atomic mass is 10.1. The normalized spacial score (nSPS) is 13.9. The zero-order valence-corrected chi connectivity index (χ0v) is 25.0. The molecule has 0 atom stereocenters. The lowest BCUT2D eigenvalue weighted by Crippen LogP contribution is -2.38. The van der Waals surface area contributed by atoms with Crippen LogP contribution in [0.1, 0.15) is 43.0 Å². The van der Waals surface area contributed by atoms with Gasteiger partial charge in [-0.05, 0) is 101 Å². The van der Waals surface area contributed by atoms with E-state index in [1.807, 2.05) is 26.2 Å². The Balaban J connectivity index is 1.27. The predicted molar refractivity (Wildman–Crippen MR) is 166 cm³/mol. The number of amides is 2. The highest BCUT2D eigenvalue weighted by Gasteiger charge is 2.20. The molecular weight excluding hydrogens is 532 g/mol. The molecule has 2 N–H and O–H groups in total. The van der Waals surface area contributed by atoms with Crippen molar-refractivity contribution >= 4 is 23.2 Å². The number of likely N-dealkylation sites (tertiary alicyclic amines) is 1. The van der Waals surface area contributed by atoms with Gasteiger partial charge in [-0.3, -0.25) is 9.59 Å². The number of rotatable bonds is 13. The van der Waals surface area contributed by atoms with Crippen LogP contribution in [-0.4, -0.2) is 75.1 Å². The summed E-state index contributed by atoms with van der Waals surface area (Å²) in [5, 5.41) is 5.77. The van der Waals surface area contributed by atoms with Crippen LogP contribution in [0.25, 0.3) is 0 Å². The Morgan fingerprint density at radius 1 is 0.881 bits per heavy atom. The van der Waals surface area contributed by atoms with Crippen molar-refractivity contribution in [1.29, 1.82) is 0 Å². The van der Waals surface area contributed by atoms with Crippen molar-refractivity contribution in [3.8, 4) is 23.0 Å². The minimum absolute atomic E-state index is 0.119. The van der Waals surface area contributed by atoms with Gasteiger partial charge in [-0.2, -0.15) is 0 Å². The van der Waals surface area contributed by atoms with E-state index in [4.69, 9.17) is 14.2 Å². The number of carbonyl (C=O) groups is 2. The summed E-state index contributed by atoms with van der Waals surface area (Å²) in [6, 6.07) is 19.6. The van der Waals surface area contributed by atoms with Crippen LogP contribution < -0.4 is 24.8 Å². The first kappa shape index (κ1) is 30.9. The van der Waals surface area contributed by atoms with Crippen LogP contribution in [0.15, 0.2) is 66.7 Å². The van der Waals surface area contributed by atoms with E-state index in [9.17, 15) is 9.59 Å². The molecule has 3 aromatic rings. The van der Waals surface area contributed by atoms with Crippen LogP contribution in [0.2, 0.25) is 0 Å². The van der Waals surface area contributed by atoms with E-state index in [0.29, 0.717) is 34.2 Å². The summed E-state index contributed by atoms with van der Waals surface area (Å²) in [6.45, 7) is 5.83. The molecule has 224 valence electrons. The van der Waals surface area contributed by atoms with Crippen molar-refractivity contribution in [3.05, 3.63) is 72.3 Å². The number of likely N-dealkylation sites (N-methyl/N-ethyl adjacent to an activating group) is 1. The Kier molecular flexibility index (Phi) is 11.2. The van der Waals surface area contributed by atoms with E-state index in [0.717, 1.165) is 31.7 Å². The maximum atomic E-state index is 12.8. The number of nitrogens with one attached hydrogen (secondary N) is 2. The molecule has 9 heteroatoms. The number of hydrogen-bond donors (Lipinski definition) is 2. The fraction of sp³-hybridized carbons (Fsp3) is 0.394. The van der Waals surface area contributed by atoms with Crippen molar-refractivity contribution in [1.82, 2.24) is 9.80 Å². The summed E-state index contributed by atoms with van der Waals surface area (Å²) in [5.74, 6) is 2.04. The van der Waals surface area contributed by atoms with E-state index >= 15 is 0 Å². The van der Waals surface area contributed by atoms with E-state index in [2.05, 4.69) is 22.5 Å². The minimum Gasteiger partial charge on any atom is -0.493 e. The molecule has 4 rings (SSSR count). The Morgan fingerprint density at radius 2 is 1.55 bits per heavy atom. The minimum atomic E-state index is -0.201. The second-order valence-corrected chi connectivity index (χ2v) is 10.8. The zero-order valence-electron chi connectivity index (χ0n) is 25.0. The topological polar surface area (TPSA) is 92.4 Å². The van der Waals surface area contributed by atoms with Gasteiger partial charge in [-0.15, -0.1) is 0 Å². The molecule has 1 saturated heterocycles. The fourth-order valence-corrected chi connectivity index (χ4v) is 4.76. The summed E-state index contributed by atoms with van der Waals surface area (Å²) in [4.78, 5) is 29.2. The van der Waals surface area contributed by atoms with E-state index in [-0.39, 0.29) is 24.5 Å². The molecule has 0 radical (unpaired) electrons. The second kappa shape index (κ2) is 15.2. The van der Waals surface area contributed by atoms with E-state index < -0.39 is 0 Å². The second-order valence-electron chi connectivity index (χ2n) is 10.8. The maximum Gasteiger partial charge on any atom is 0.255 e. The molecule has 0 aliphatic carbocycles. The third-order valence-electron chi connectivity index (χ3n) is 7.03. The molecule has 0 spiro atoms. The number of hydrogen-bond acceptors (Lipinski definition) is 7. The molecule has 9 nitrogen and oxygen atoms in total. The first-order chi connectivity index (χ1) is 20.3. The zero-order chi connectivity index (χ0) is 29.9. The van der Waals surface area contributed by atoms with Crippen LogP contribution in [0, 0.1) is 0 Å².